The summed E-state index contributed by atoms with van der Waals surface area (Å²) < 4.78 is 40.3. The fourth-order valence-electron chi connectivity index (χ4n) is 3.63. The summed E-state index contributed by atoms with van der Waals surface area (Å²) >= 11 is 0. The lowest BCUT2D eigenvalue weighted by atomic mass is 10.1. The van der Waals surface area contributed by atoms with Gasteiger partial charge in [0.1, 0.15) is 17.3 Å². The molecule has 0 aliphatic carbocycles. The second-order valence-electron chi connectivity index (χ2n) is 8.15. The van der Waals surface area contributed by atoms with Crippen molar-refractivity contribution in [2.24, 2.45) is 0 Å². The Hall–Kier alpha value is -3.88. The lowest BCUT2D eigenvalue weighted by molar-refractivity contribution is 0.0356. The molecular formula is C25H27F2N7O2. The van der Waals surface area contributed by atoms with Crippen LogP contribution in [0.1, 0.15) is 24.5 Å². The molecule has 9 nitrogen and oxygen atoms in total. The highest BCUT2D eigenvalue weighted by molar-refractivity contribution is 5.59. The Morgan fingerprint density at radius 1 is 1.03 bits per heavy atom. The Morgan fingerprint density at radius 3 is 2.33 bits per heavy atom. The van der Waals surface area contributed by atoms with Gasteiger partial charge in [-0.15, -0.1) is 0 Å². The molecular weight excluding hydrogens is 468 g/mol. The minimum atomic E-state index is -0.748. The van der Waals surface area contributed by atoms with E-state index in [4.69, 9.17) is 14.7 Å². The van der Waals surface area contributed by atoms with Gasteiger partial charge in [0.05, 0.1) is 31.5 Å². The van der Waals surface area contributed by atoms with Crippen molar-refractivity contribution in [3.05, 3.63) is 59.2 Å². The van der Waals surface area contributed by atoms with Crippen molar-refractivity contribution >= 4 is 23.3 Å². The average molecular weight is 496 g/mol. The third-order valence-corrected chi connectivity index (χ3v) is 5.59. The molecule has 36 heavy (non-hydrogen) atoms. The normalized spacial score (nSPS) is 13.7. The molecule has 0 atom stereocenters. The van der Waals surface area contributed by atoms with Gasteiger partial charge in [0.2, 0.25) is 11.9 Å². The smallest absolute Gasteiger partial charge is 0.323 e. The Labute approximate surface area is 208 Å². The predicted molar refractivity (Wildman–Crippen MR) is 131 cm³/mol. The average Bonchev–Trinajstić information content (AvgIpc) is 2.89. The van der Waals surface area contributed by atoms with E-state index in [9.17, 15) is 8.78 Å². The van der Waals surface area contributed by atoms with Crippen molar-refractivity contribution in [3.8, 4) is 12.1 Å². The highest BCUT2D eigenvalue weighted by Crippen LogP contribution is 2.25. The zero-order chi connectivity index (χ0) is 25.3. The third-order valence-electron chi connectivity index (χ3n) is 5.59. The van der Waals surface area contributed by atoms with E-state index in [0.717, 1.165) is 39.3 Å². The fraction of sp³-hybridized carbons (Fsp3) is 0.360. The van der Waals surface area contributed by atoms with E-state index in [1.807, 2.05) is 6.92 Å². The van der Waals surface area contributed by atoms with Crippen LogP contribution in [-0.2, 0) is 11.2 Å². The molecule has 4 rings (SSSR count). The molecule has 0 unspecified atom stereocenters. The first-order valence-corrected chi connectivity index (χ1v) is 11.7. The summed E-state index contributed by atoms with van der Waals surface area (Å²) in [7, 11) is 0. The number of hydrogen-bond donors (Lipinski definition) is 2. The van der Waals surface area contributed by atoms with Crippen molar-refractivity contribution in [2.75, 3.05) is 50.1 Å². The standard InChI is InChI=1S/C25H27F2N7O2/c1-2-17-14-20(26)22(21(27)15-17)30-24-31-23(29-19-6-4-18(16-28)5-7-19)32-25(33-24)36-11-3-8-34-9-12-35-13-10-34/h4-7,14-15H,2-3,8-13H2,1H3,(H2,29,30,31,32,33). The Kier molecular flexibility index (Phi) is 8.54. The summed E-state index contributed by atoms with van der Waals surface area (Å²) in [5.41, 5.74) is 1.30. The second kappa shape index (κ2) is 12.2. The molecule has 0 bridgehead atoms. The monoisotopic (exact) mass is 495 g/mol. The van der Waals surface area contributed by atoms with E-state index in [2.05, 4.69) is 36.6 Å². The largest absolute Gasteiger partial charge is 0.463 e. The van der Waals surface area contributed by atoms with Crippen LogP contribution in [0.25, 0.3) is 0 Å². The summed E-state index contributed by atoms with van der Waals surface area (Å²) in [4.78, 5) is 15.0. The molecule has 11 heteroatoms. The minimum Gasteiger partial charge on any atom is -0.463 e. The molecule has 2 aromatic carbocycles. The first-order chi connectivity index (χ1) is 17.5. The number of halogens is 2. The maximum atomic E-state index is 14.6. The molecule has 1 fully saturated rings. The zero-order valence-corrected chi connectivity index (χ0v) is 19.9. The molecule has 2 heterocycles. The molecule has 1 aliphatic heterocycles. The van der Waals surface area contributed by atoms with Gasteiger partial charge < -0.3 is 20.1 Å². The summed E-state index contributed by atoms with van der Waals surface area (Å²) in [6.07, 6.45) is 1.25. The van der Waals surface area contributed by atoms with Gasteiger partial charge in [0.15, 0.2) is 0 Å². The number of nitrogens with one attached hydrogen (secondary N) is 2. The molecule has 0 saturated carbocycles. The summed E-state index contributed by atoms with van der Waals surface area (Å²) in [5, 5.41) is 14.6. The van der Waals surface area contributed by atoms with Gasteiger partial charge in [-0.05, 0) is 54.8 Å². The number of nitriles is 1. The third kappa shape index (κ3) is 6.84. The highest BCUT2D eigenvalue weighted by Gasteiger charge is 2.16. The Morgan fingerprint density at radius 2 is 1.69 bits per heavy atom. The number of rotatable bonds is 10. The van der Waals surface area contributed by atoms with Crippen LogP contribution in [0, 0.1) is 23.0 Å². The maximum Gasteiger partial charge on any atom is 0.323 e. The van der Waals surface area contributed by atoms with E-state index in [-0.39, 0.29) is 23.6 Å². The van der Waals surface area contributed by atoms with Gasteiger partial charge in [-0.2, -0.15) is 20.2 Å². The first kappa shape index (κ1) is 25.2. The van der Waals surface area contributed by atoms with E-state index < -0.39 is 11.6 Å². The van der Waals surface area contributed by atoms with Crippen LogP contribution in [-0.4, -0.2) is 59.3 Å². The molecule has 188 valence electrons. The number of ether oxygens (including phenoxy) is 2. The molecule has 1 aromatic heterocycles. The van der Waals surface area contributed by atoms with Crippen LogP contribution in [0.2, 0.25) is 0 Å². The highest BCUT2D eigenvalue weighted by atomic mass is 19.1. The predicted octanol–water partition coefficient (Wildman–Crippen LogP) is 4.17. The van der Waals surface area contributed by atoms with E-state index in [1.165, 1.54) is 12.1 Å². The van der Waals surface area contributed by atoms with E-state index in [1.54, 1.807) is 24.3 Å². The Bertz CT molecular complexity index is 1190. The van der Waals surface area contributed by atoms with Crippen LogP contribution in [0.15, 0.2) is 36.4 Å². The van der Waals surface area contributed by atoms with Crippen molar-refractivity contribution in [1.29, 1.82) is 5.26 Å². The van der Waals surface area contributed by atoms with Crippen molar-refractivity contribution < 1.29 is 18.3 Å². The maximum absolute atomic E-state index is 14.6. The molecule has 1 saturated heterocycles. The number of anilines is 4. The number of morpholine rings is 1. The number of nitrogens with zero attached hydrogens (tertiary/aromatic N) is 5. The van der Waals surface area contributed by atoms with Gasteiger partial charge in [0, 0.05) is 25.3 Å². The van der Waals surface area contributed by atoms with Gasteiger partial charge in [0.25, 0.3) is 0 Å². The van der Waals surface area contributed by atoms with Gasteiger partial charge in [-0.3, -0.25) is 4.90 Å². The second-order valence-corrected chi connectivity index (χ2v) is 8.15. The van der Waals surface area contributed by atoms with Crippen LogP contribution < -0.4 is 15.4 Å². The van der Waals surface area contributed by atoms with Crippen LogP contribution in [0.4, 0.5) is 32.1 Å². The lowest BCUT2D eigenvalue weighted by Crippen LogP contribution is -2.37. The van der Waals surface area contributed by atoms with Crippen molar-refractivity contribution in [3.63, 3.8) is 0 Å². The van der Waals surface area contributed by atoms with Gasteiger partial charge in [-0.25, -0.2) is 8.78 Å². The van der Waals surface area contributed by atoms with E-state index >= 15 is 0 Å². The van der Waals surface area contributed by atoms with E-state index in [0.29, 0.717) is 29.8 Å². The number of aryl methyl sites for hydroxylation is 1. The van der Waals surface area contributed by atoms with Gasteiger partial charge >= 0.3 is 6.01 Å². The SMILES string of the molecule is CCc1cc(F)c(Nc2nc(Nc3ccc(C#N)cc3)nc(OCCCN3CCOCC3)n2)c(F)c1. The molecule has 1 aliphatic rings. The quantitative estimate of drug-likeness (QED) is 0.401. The van der Waals surface area contributed by atoms with Crippen molar-refractivity contribution in [1.82, 2.24) is 19.9 Å². The molecule has 2 N–H and O–H groups in total. The topological polar surface area (TPSA) is 108 Å². The molecule has 0 radical (unpaired) electrons. The molecule has 0 spiro atoms. The number of hydrogen-bond acceptors (Lipinski definition) is 9. The Balaban J connectivity index is 1.51. The summed E-state index contributed by atoms with van der Waals surface area (Å²) in [5.74, 6) is -1.46. The lowest BCUT2D eigenvalue weighted by Gasteiger charge is -2.26. The number of benzene rings is 2. The minimum absolute atomic E-state index is 0.0108. The fourth-order valence-corrected chi connectivity index (χ4v) is 3.63. The molecule has 0 amide bonds. The van der Waals surface area contributed by atoms with Crippen LogP contribution in [0.5, 0.6) is 6.01 Å². The van der Waals surface area contributed by atoms with Crippen LogP contribution >= 0.6 is 0 Å². The summed E-state index contributed by atoms with van der Waals surface area (Å²) in [6, 6.07) is 11.3. The summed E-state index contributed by atoms with van der Waals surface area (Å²) in [6.45, 7) is 6.22. The van der Waals surface area contributed by atoms with Crippen LogP contribution in [0.3, 0.4) is 0 Å². The number of aromatic nitrogens is 3. The first-order valence-electron chi connectivity index (χ1n) is 11.7. The van der Waals surface area contributed by atoms with Crippen molar-refractivity contribution in [2.45, 2.75) is 19.8 Å². The van der Waals surface area contributed by atoms with Gasteiger partial charge in [-0.1, -0.05) is 6.92 Å². The zero-order valence-electron chi connectivity index (χ0n) is 19.9. The molecule has 3 aromatic rings.